The maximum absolute atomic E-state index is 12.7. The van der Waals surface area contributed by atoms with Crippen molar-refractivity contribution in [2.24, 2.45) is 5.73 Å². The van der Waals surface area contributed by atoms with Gasteiger partial charge in [-0.25, -0.2) is 4.98 Å². The first-order valence-corrected chi connectivity index (χ1v) is 7.67. The van der Waals surface area contributed by atoms with Gasteiger partial charge in [0.15, 0.2) is 0 Å². The molecule has 1 unspecified atom stereocenters. The molecule has 2 rings (SSSR count). The third-order valence-corrected chi connectivity index (χ3v) is 3.89. The number of halogens is 1. The number of hydrogen-bond donors (Lipinski definition) is 1. The number of primary amides is 1. The number of likely N-dealkylation sites (tertiary alicyclic amines) is 1. The first-order chi connectivity index (χ1) is 10.0. The maximum Gasteiger partial charge on any atom is 0.254 e. The molecular weight excluding hydrogens is 290 g/mol. The molecule has 0 radical (unpaired) electrons. The van der Waals surface area contributed by atoms with Crippen molar-refractivity contribution in [1.29, 1.82) is 0 Å². The highest BCUT2D eigenvalue weighted by molar-refractivity contribution is 6.29. The largest absolute Gasteiger partial charge is 0.368 e. The van der Waals surface area contributed by atoms with Crippen LogP contribution in [0.5, 0.6) is 0 Å². The summed E-state index contributed by atoms with van der Waals surface area (Å²) in [6.07, 6.45) is 4.11. The highest BCUT2D eigenvalue weighted by atomic mass is 35.5. The summed E-state index contributed by atoms with van der Waals surface area (Å²) in [6, 6.07) is 2.79. The van der Waals surface area contributed by atoms with Crippen molar-refractivity contribution in [2.45, 2.75) is 45.1 Å². The van der Waals surface area contributed by atoms with E-state index in [2.05, 4.69) is 4.98 Å². The second-order valence-electron chi connectivity index (χ2n) is 5.33. The Labute approximate surface area is 129 Å². The molecule has 6 heteroatoms. The summed E-state index contributed by atoms with van der Waals surface area (Å²) in [4.78, 5) is 30.0. The van der Waals surface area contributed by atoms with E-state index in [-0.39, 0.29) is 5.91 Å². The number of aryl methyl sites for hydroxylation is 1. The summed E-state index contributed by atoms with van der Waals surface area (Å²) >= 11 is 5.99. The Bertz CT molecular complexity index is 548. The zero-order chi connectivity index (χ0) is 15.4. The molecule has 0 saturated carbocycles. The van der Waals surface area contributed by atoms with Gasteiger partial charge in [0, 0.05) is 17.8 Å². The minimum atomic E-state index is -0.521. The third kappa shape index (κ3) is 3.73. The van der Waals surface area contributed by atoms with Crippen LogP contribution < -0.4 is 5.73 Å². The molecule has 2 heterocycles. The lowest BCUT2D eigenvalue weighted by molar-refractivity contribution is -0.123. The van der Waals surface area contributed by atoms with Crippen LogP contribution in [0.3, 0.4) is 0 Å². The van der Waals surface area contributed by atoms with Crippen molar-refractivity contribution >= 4 is 23.4 Å². The van der Waals surface area contributed by atoms with Crippen LogP contribution in [0.15, 0.2) is 12.1 Å². The van der Waals surface area contributed by atoms with Crippen molar-refractivity contribution in [3.8, 4) is 0 Å². The number of amides is 2. The number of hydrogen-bond acceptors (Lipinski definition) is 3. The Balaban J connectivity index is 2.27. The first kappa shape index (κ1) is 15.8. The third-order valence-electron chi connectivity index (χ3n) is 3.69. The van der Waals surface area contributed by atoms with Gasteiger partial charge in [-0.3, -0.25) is 9.59 Å². The molecule has 0 bridgehead atoms. The first-order valence-electron chi connectivity index (χ1n) is 7.29. The van der Waals surface area contributed by atoms with Crippen LogP contribution in [0.4, 0.5) is 0 Å². The molecule has 1 aromatic heterocycles. The molecule has 0 aromatic carbocycles. The van der Waals surface area contributed by atoms with Crippen molar-refractivity contribution in [3.63, 3.8) is 0 Å². The average molecular weight is 310 g/mol. The Morgan fingerprint density at radius 3 is 2.86 bits per heavy atom. The number of carbonyl (C=O) groups excluding carboxylic acids is 2. The average Bonchev–Trinajstić information content (AvgIpc) is 2.46. The van der Waals surface area contributed by atoms with Gasteiger partial charge in [-0.05, 0) is 37.8 Å². The smallest absolute Gasteiger partial charge is 0.254 e. The number of pyridine rings is 1. The highest BCUT2D eigenvalue weighted by Crippen LogP contribution is 2.21. The van der Waals surface area contributed by atoms with E-state index in [0.29, 0.717) is 23.7 Å². The molecule has 2 amide bonds. The van der Waals surface area contributed by atoms with Crippen LogP contribution in [0.2, 0.25) is 5.15 Å². The van der Waals surface area contributed by atoms with Crippen LogP contribution in [0, 0.1) is 0 Å². The van der Waals surface area contributed by atoms with E-state index in [1.807, 2.05) is 6.92 Å². The SMILES string of the molecule is CCCc1cc(C(=O)N2CCCCC2C(N)=O)cc(Cl)n1. The monoisotopic (exact) mass is 309 g/mol. The van der Waals surface area contributed by atoms with Crippen LogP contribution >= 0.6 is 11.6 Å². The Morgan fingerprint density at radius 2 is 2.19 bits per heavy atom. The molecular formula is C15H20ClN3O2. The van der Waals surface area contributed by atoms with E-state index in [9.17, 15) is 9.59 Å². The van der Waals surface area contributed by atoms with Gasteiger partial charge >= 0.3 is 0 Å². The molecule has 5 nitrogen and oxygen atoms in total. The van der Waals surface area contributed by atoms with E-state index < -0.39 is 11.9 Å². The summed E-state index contributed by atoms with van der Waals surface area (Å²) in [5.41, 5.74) is 6.68. The molecule has 2 N–H and O–H groups in total. The Kier molecular flexibility index (Phi) is 5.17. The molecule has 1 atom stereocenters. The summed E-state index contributed by atoms with van der Waals surface area (Å²) in [7, 11) is 0. The van der Waals surface area contributed by atoms with Gasteiger partial charge < -0.3 is 10.6 Å². The van der Waals surface area contributed by atoms with E-state index in [1.54, 1.807) is 17.0 Å². The molecule has 21 heavy (non-hydrogen) atoms. The standard InChI is InChI=1S/C15H20ClN3O2/c1-2-5-11-8-10(9-13(16)18-11)15(21)19-7-4-3-6-12(19)14(17)20/h8-9,12H,2-7H2,1H3,(H2,17,20). The normalized spacial score (nSPS) is 18.6. The van der Waals surface area contributed by atoms with Gasteiger partial charge in [0.25, 0.3) is 5.91 Å². The highest BCUT2D eigenvalue weighted by Gasteiger charge is 2.31. The summed E-state index contributed by atoms with van der Waals surface area (Å²) < 4.78 is 0. The second kappa shape index (κ2) is 6.89. The molecule has 114 valence electrons. The fraction of sp³-hybridized carbons (Fsp3) is 0.533. The zero-order valence-electron chi connectivity index (χ0n) is 12.1. The number of carbonyl (C=O) groups is 2. The van der Waals surface area contributed by atoms with Crippen LogP contribution in [0.25, 0.3) is 0 Å². The van der Waals surface area contributed by atoms with Gasteiger partial charge in [-0.1, -0.05) is 24.9 Å². The van der Waals surface area contributed by atoms with E-state index in [0.717, 1.165) is 31.4 Å². The summed E-state index contributed by atoms with van der Waals surface area (Å²) in [5.74, 6) is -0.642. The number of rotatable bonds is 4. The van der Waals surface area contributed by atoms with Gasteiger partial charge in [0.05, 0.1) is 0 Å². The molecule has 0 aliphatic carbocycles. The van der Waals surface area contributed by atoms with Gasteiger partial charge in [0.1, 0.15) is 11.2 Å². The summed E-state index contributed by atoms with van der Waals surface area (Å²) in [6.45, 7) is 2.59. The van der Waals surface area contributed by atoms with E-state index >= 15 is 0 Å². The Morgan fingerprint density at radius 1 is 1.43 bits per heavy atom. The van der Waals surface area contributed by atoms with Crippen molar-refractivity contribution < 1.29 is 9.59 Å². The number of nitrogens with zero attached hydrogens (tertiary/aromatic N) is 2. The molecule has 1 aliphatic heterocycles. The van der Waals surface area contributed by atoms with Gasteiger partial charge in [-0.15, -0.1) is 0 Å². The molecule has 1 fully saturated rings. The van der Waals surface area contributed by atoms with E-state index in [1.165, 1.54) is 0 Å². The van der Waals surface area contributed by atoms with Crippen molar-refractivity contribution in [1.82, 2.24) is 9.88 Å². The van der Waals surface area contributed by atoms with Gasteiger partial charge in [-0.2, -0.15) is 0 Å². The topological polar surface area (TPSA) is 76.3 Å². The number of aromatic nitrogens is 1. The summed E-state index contributed by atoms with van der Waals surface area (Å²) in [5, 5.41) is 0.303. The minimum Gasteiger partial charge on any atom is -0.368 e. The Hall–Kier alpha value is -1.62. The van der Waals surface area contributed by atoms with Crippen molar-refractivity contribution in [2.75, 3.05) is 6.54 Å². The predicted molar refractivity (Wildman–Crippen MR) is 81.1 cm³/mol. The number of nitrogens with two attached hydrogens (primary N) is 1. The lowest BCUT2D eigenvalue weighted by atomic mass is 10.00. The van der Waals surface area contributed by atoms with Gasteiger partial charge in [0.2, 0.25) is 5.91 Å². The van der Waals surface area contributed by atoms with Crippen LogP contribution in [0.1, 0.15) is 48.7 Å². The lowest BCUT2D eigenvalue weighted by Crippen LogP contribution is -2.50. The molecule has 1 aliphatic rings. The van der Waals surface area contributed by atoms with Crippen molar-refractivity contribution in [3.05, 3.63) is 28.5 Å². The zero-order valence-corrected chi connectivity index (χ0v) is 12.9. The predicted octanol–water partition coefficient (Wildman–Crippen LogP) is 2.17. The van der Waals surface area contributed by atoms with Crippen LogP contribution in [-0.4, -0.2) is 34.3 Å². The molecule has 1 saturated heterocycles. The maximum atomic E-state index is 12.7. The quantitative estimate of drug-likeness (QED) is 0.866. The second-order valence-corrected chi connectivity index (χ2v) is 5.72. The molecule has 1 aromatic rings. The van der Waals surface area contributed by atoms with Crippen LogP contribution in [-0.2, 0) is 11.2 Å². The number of piperidine rings is 1. The minimum absolute atomic E-state index is 0.194. The molecule has 0 spiro atoms. The fourth-order valence-corrected chi connectivity index (χ4v) is 2.92. The fourth-order valence-electron chi connectivity index (χ4n) is 2.70. The van der Waals surface area contributed by atoms with E-state index in [4.69, 9.17) is 17.3 Å². The lowest BCUT2D eigenvalue weighted by Gasteiger charge is -2.33.